The fourth-order valence-corrected chi connectivity index (χ4v) is 6.18. The first-order chi connectivity index (χ1) is 20.3. The van der Waals surface area contributed by atoms with Crippen molar-refractivity contribution in [2.24, 2.45) is 0 Å². The van der Waals surface area contributed by atoms with Crippen LogP contribution in [0.4, 0.5) is 11.4 Å². The SMILES string of the molecule is COc1ccc(C(=O)Nc2ccc3nc(SCc4ccc(C(=O)Nc5ccc(C(C)=O)cc5)cc4)sc3c2)cc1OC. The highest BCUT2D eigenvalue weighted by Crippen LogP contribution is 2.33. The Balaban J connectivity index is 1.18. The zero-order valence-electron chi connectivity index (χ0n) is 23.1. The number of Topliss-reactive ketones (excluding diaryl/α,β-unsaturated/α-hetero) is 1. The number of hydrogen-bond acceptors (Lipinski definition) is 8. The number of amides is 2. The van der Waals surface area contributed by atoms with Crippen LogP contribution in [0.1, 0.15) is 43.6 Å². The number of benzene rings is 4. The Morgan fingerprint density at radius 1 is 0.738 bits per heavy atom. The van der Waals surface area contributed by atoms with Crippen molar-refractivity contribution < 1.29 is 23.9 Å². The molecular formula is C32H27N3O5S2. The predicted octanol–water partition coefficient (Wildman–Crippen LogP) is 7.31. The standard InChI is InChI=1S/C32H27N3O5S2/c1-19(36)21-8-11-24(12-9-21)33-30(37)22-6-4-20(5-7-22)18-41-32-35-26-14-13-25(17-29(26)42-32)34-31(38)23-10-15-27(39-2)28(16-23)40-3/h4-17H,18H2,1-3H3,(H,33,37)(H,34,38). The number of hydrogen-bond donors (Lipinski definition) is 2. The van der Waals surface area contributed by atoms with Crippen molar-refractivity contribution in [2.75, 3.05) is 24.9 Å². The van der Waals surface area contributed by atoms with Gasteiger partial charge in [0.1, 0.15) is 0 Å². The molecule has 212 valence electrons. The normalized spacial score (nSPS) is 10.7. The van der Waals surface area contributed by atoms with Gasteiger partial charge >= 0.3 is 0 Å². The van der Waals surface area contributed by atoms with Crippen molar-refractivity contribution in [3.63, 3.8) is 0 Å². The molecule has 42 heavy (non-hydrogen) atoms. The van der Waals surface area contributed by atoms with E-state index >= 15 is 0 Å². The molecule has 1 heterocycles. The number of methoxy groups -OCH3 is 2. The third kappa shape index (κ3) is 6.79. The Hall–Kier alpha value is -4.67. The molecule has 0 saturated carbocycles. The summed E-state index contributed by atoms with van der Waals surface area (Å²) >= 11 is 3.17. The van der Waals surface area contributed by atoms with Gasteiger partial charge < -0.3 is 20.1 Å². The van der Waals surface area contributed by atoms with E-state index < -0.39 is 0 Å². The van der Waals surface area contributed by atoms with E-state index in [0.29, 0.717) is 45.3 Å². The topological polar surface area (TPSA) is 107 Å². The quantitative estimate of drug-likeness (QED) is 0.128. The summed E-state index contributed by atoms with van der Waals surface area (Å²) in [6, 6.07) is 24.9. The van der Waals surface area contributed by atoms with Crippen molar-refractivity contribution in [1.29, 1.82) is 0 Å². The number of ether oxygens (including phenoxy) is 2. The lowest BCUT2D eigenvalue weighted by molar-refractivity contribution is 0.101. The van der Waals surface area contributed by atoms with E-state index in [9.17, 15) is 14.4 Å². The predicted molar refractivity (Wildman–Crippen MR) is 168 cm³/mol. The minimum Gasteiger partial charge on any atom is -0.493 e. The highest BCUT2D eigenvalue weighted by molar-refractivity contribution is 8.00. The smallest absolute Gasteiger partial charge is 0.255 e. The van der Waals surface area contributed by atoms with Gasteiger partial charge in [-0.15, -0.1) is 11.3 Å². The van der Waals surface area contributed by atoms with Gasteiger partial charge in [-0.1, -0.05) is 23.9 Å². The molecule has 8 nitrogen and oxygen atoms in total. The van der Waals surface area contributed by atoms with E-state index in [1.165, 1.54) is 14.0 Å². The highest BCUT2D eigenvalue weighted by atomic mass is 32.2. The number of rotatable bonds is 10. The molecule has 0 bridgehead atoms. The summed E-state index contributed by atoms with van der Waals surface area (Å²) in [7, 11) is 3.08. The third-order valence-corrected chi connectivity index (χ3v) is 8.63. The molecule has 0 aliphatic rings. The maximum absolute atomic E-state index is 12.8. The average molecular weight is 598 g/mol. The highest BCUT2D eigenvalue weighted by Gasteiger charge is 2.13. The molecule has 0 aliphatic heterocycles. The summed E-state index contributed by atoms with van der Waals surface area (Å²) in [5, 5.41) is 5.78. The molecule has 5 rings (SSSR count). The lowest BCUT2D eigenvalue weighted by Crippen LogP contribution is -2.12. The Kier molecular flexibility index (Phi) is 8.85. The maximum atomic E-state index is 12.8. The van der Waals surface area contributed by atoms with Crippen molar-refractivity contribution in [3.05, 3.63) is 107 Å². The number of carbonyl (C=O) groups is 3. The van der Waals surface area contributed by atoms with Gasteiger partial charge in [0.2, 0.25) is 0 Å². The number of aromatic nitrogens is 1. The number of thioether (sulfide) groups is 1. The van der Waals surface area contributed by atoms with Crippen LogP contribution in [0.3, 0.4) is 0 Å². The first kappa shape index (κ1) is 28.8. The van der Waals surface area contributed by atoms with E-state index in [1.54, 1.807) is 84.8 Å². The fourth-order valence-electron chi connectivity index (χ4n) is 4.11. The summed E-state index contributed by atoms with van der Waals surface area (Å²) in [6.07, 6.45) is 0. The molecule has 10 heteroatoms. The zero-order valence-corrected chi connectivity index (χ0v) is 24.7. The van der Waals surface area contributed by atoms with Crippen LogP contribution in [0.15, 0.2) is 89.3 Å². The van der Waals surface area contributed by atoms with Gasteiger partial charge in [0.25, 0.3) is 11.8 Å². The van der Waals surface area contributed by atoms with Crippen molar-refractivity contribution in [3.8, 4) is 11.5 Å². The molecule has 4 aromatic carbocycles. The zero-order chi connectivity index (χ0) is 29.6. The lowest BCUT2D eigenvalue weighted by Gasteiger charge is -2.10. The van der Waals surface area contributed by atoms with Crippen LogP contribution < -0.4 is 20.1 Å². The molecule has 0 saturated heterocycles. The van der Waals surface area contributed by atoms with E-state index in [-0.39, 0.29) is 17.6 Å². The third-order valence-electron chi connectivity index (χ3n) is 6.40. The Morgan fingerprint density at radius 3 is 2.05 bits per heavy atom. The molecule has 0 atom stereocenters. The average Bonchev–Trinajstić information content (AvgIpc) is 3.42. The van der Waals surface area contributed by atoms with Crippen LogP contribution >= 0.6 is 23.1 Å². The Bertz CT molecular complexity index is 1770. The summed E-state index contributed by atoms with van der Waals surface area (Å²) in [4.78, 5) is 41.6. The number of thiazole rings is 1. The number of carbonyl (C=O) groups excluding carboxylic acids is 3. The van der Waals surface area contributed by atoms with Crippen molar-refractivity contribution in [2.45, 2.75) is 17.0 Å². The number of fused-ring (bicyclic) bond motifs is 1. The van der Waals surface area contributed by atoms with Crippen LogP contribution in [0.25, 0.3) is 10.2 Å². The molecule has 0 unspecified atom stereocenters. The minimum atomic E-state index is -0.252. The molecule has 0 aliphatic carbocycles. The van der Waals surface area contributed by atoms with Crippen molar-refractivity contribution in [1.82, 2.24) is 4.98 Å². The van der Waals surface area contributed by atoms with Crippen molar-refractivity contribution >= 4 is 62.3 Å². The first-order valence-electron chi connectivity index (χ1n) is 12.9. The molecule has 1 aromatic heterocycles. The Morgan fingerprint density at radius 2 is 1.36 bits per heavy atom. The maximum Gasteiger partial charge on any atom is 0.255 e. The summed E-state index contributed by atoms with van der Waals surface area (Å²) in [5.74, 6) is 1.24. The monoisotopic (exact) mass is 597 g/mol. The fraction of sp³-hybridized carbons (Fsp3) is 0.125. The number of nitrogens with zero attached hydrogens (tertiary/aromatic N) is 1. The first-order valence-corrected chi connectivity index (χ1v) is 14.7. The Labute approximate surface area is 251 Å². The van der Waals surface area contributed by atoms with E-state index in [0.717, 1.165) is 20.1 Å². The molecule has 2 amide bonds. The lowest BCUT2D eigenvalue weighted by atomic mass is 10.1. The van der Waals surface area contributed by atoms with Gasteiger partial charge in [0.15, 0.2) is 21.6 Å². The van der Waals surface area contributed by atoms with E-state index in [1.807, 2.05) is 30.3 Å². The van der Waals surface area contributed by atoms with E-state index in [2.05, 4.69) is 10.6 Å². The summed E-state index contributed by atoms with van der Waals surface area (Å²) < 4.78 is 12.4. The largest absolute Gasteiger partial charge is 0.493 e. The van der Waals surface area contributed by atoms with Gasteiger partial charge in [-0.25, -0.2) is 4.98 Å². The van der Waals surface area contributed by atoms with Crippen LogP contribution in [-0.2, 0) is 5.75 Å². The van der Waals surface area contributed by atoms with E-state index in [4.69, 9.17) is 14.5 Å². The summed E-state index contributed by atoms with van der Waals surface area (Å²) in [5.41, 5.74) is 4.82. The molecule has 0 radical (unpaired) electrons. The van der Waals surface area contributed by atoms with Gasteiger partial charge in [0.05, 0.1) is 24.4 Å². The van der Waals surface area contributed by atoms with Gasteiger partial charge in [0, 0.05) is 33.8 Å². The second-order valence-electron chi connectivity index (χ2n) is 9.26. The molecule has 2 N–H and O–H groups in total. The van der Waals surface area contributed by atoms with Crippen LogP contribution in [0.2, 0.25) is 0 Å². The van der Waals surface area contributed by atoms with Crippen LogP contribution in [0.5, 0.6) is 11.5 Å². The number of anilines is 2. The molecule has 5 aromatic rings. The number of ketones is 1. The van der Waals surface area contributed by atoms with Crippen LogP contribution in [-0.4, -0.2) is 36.8 Å². The molecule has 0 spiro atoms. The second-order valence-corrected chi connectivity index (χ2v) is 11.5. The van der Waals surface area contributed by atoms with Crippen LogP contribution in [0, 0.1) is 0 Å². The second kappa shape index (κ2) is 12.9. The number of nitrogens with one attached hydrogen (secondary N) is 2. The van der Waals surface area contributed by atoms with Gasteiger partial charge in [-0.3, -0.25) is 14.4 Å². The molecular weight excluding hydrogens is 571 g/mol. The van der Waals surface area contributed by atoms with Gasteiger partial charge in [-0.05, 0) is 85.3 Å². The minimum absolute atomic E-state index is 0.0205. The summed E-state index contributed by atoms with van der Waals surface area (Å²) in [6.45, 7) is 1.51. The molecule has 0 fully saturated rings. The van der Waals surface area contributed by atoms with Gasteiger partial charge in [-0.2, -0.15) is 0 Å².